The molecule has 1 heterocycles. The van der Waals surface area contributed by atoms with Crippen LogP contribution >= 0.6 is 0 Å². The molecular formula is C11H18N2O2. The van der Waals surface area contributed by atoms with Gasteiger partial charge in [-0.15, -0.1) is 0 Å². The lowest BCUT2D eigenvalue weighted by atomic mass is 9.91. The molecule has 1 atom stereocenters. The minimum absolute atomic E-state index is 0.0781. The normalized spacial score (nSPS) is 19.4. The lowest BCUT2D eigenvalue weighted by molar-refractivity contribution is 0.0908. The average Bonchev–Trinajstić information content (AvgIpc) is 2.28. The maximum atomic E-state index is 11.4. The molecular weight excluding hydrogens is 192 g/mol. The Morgan fingerprint density at radius 2 is 2.20 bits per heavy atom. The summed E-state index contributed by atoms with van der Waals surface area (Å²) in [4.78, 5) is 16.7. The van der Waals surface area contributed by atoms with Gasteiger partial charge >= 0.3 is 6.09 Å². The lowest BCUT2D eigenvalue weighted by Crippen LogP contribution is -2.40. The molecule has 1 fully saturated rings. The summed E-state index contributed by atoms with van der Waals surface area (Å²) in [7, 11) is 0. The first kappa shape index (κ1) is 11.8. The Balaban J connectivity index is 2.36. The van der Waals surface area contributed by atoms with E-state index in [1.165, 1.54) is 0 Å². The van der Waals surface area contributed by atoms with Crippen molar-refractivity contribution >= 4 is 6.09 Å². The average molecular weight is 210 g/mol. The number of carbonyl (C=O) groups excluding carboxylic acids is 1. The molecule has 0 spiro atoms. The van der Waals surface area contributed by atoms with Crippen LogP contribution in [0.15, 0.2) is 0 Å². The zero-order valence-electron chi connectivity index (χ0n) is 9.40. The first-order valence-corrected chi connectivity index (χ1v) is 5.47. The Morgan fingerprint density at radius 3 is 2.67 bits per heavy atom. The van der Waals surface area contributed by atoms with Crippen molar-refractivity contribution in [3.63, 3.8) is 0 Å². The summed E-state index contributed by atoms with van der Waals surface area (Å²) >= 11 is 0. The number of nitrogens with zero attached hydrogens (tertiary/aromatic N) is 2. The fourth-order valence-corrected chi connectivity index (χ4v) is 1.88. The number of piperidine rings is 1. The highest BCUT2D eigenvalue weighted by Crippen LogP contribution is 2.22. The molecule has 1 amide bonds. The molecule has 0 bridgehead atoms. The van der Waals surface area contributed by atoms with Crippen molar-refractivity contribution in [2.45, 2.75) is 32.7 Å². The van der Waals surface area contributed by atoms with Gasteiger partial charge in [-0.2, -0.15) is 0 Å². The third kappa shape index (κ3) is 3.12. The van der Waals surface area contributed by atoms with Crippen LogP contribution in [0.2, 0.25) is 0 Å². The van der Waals surface area contributed by atoms with Gasteiger partial charge in [-0.05, 0) is 19.8 Å². The van der Waals surface area contributed by atoms with E-state index in [2.05, 4.69) is 4.85 Å². The Morgan fingerprint density at radius 1 is 1.60 bits per heavy atom. The molecule has 0 aliphatic carbocycles. The minimum atomic E-state index is -0.216. The number of likely N-dealkylation sites (tertiary alicyclic amines) is 1. The van der Waals surface area contributed by atoms with Gasteiger partial charge in [-0.25, -0.2) is 11.4 Å². The largest absolute Gasteiger partial charge is 0.450 e. The molecule has 1 aliphatic heterocycles. The Labute approximate surface area is 91.0 Å². The third-order valence-corrected chi connectivity index (χ3v) is 2.95. The second kappa shape index (κ2) is 5.59. The highest BCUT2D eigenvalue weighted by Gasteiger charge is 2.29. The van der Waals surface area contributed by atoms with E-state index in [1.54, 1.807) is 4.90 Å². The molecule has 1 unspecified atom stereocenters. The van der Waals surface area contributed by atoms with Crippen LogP contribution in [0.5, 0.6) is 0 Å². The van der Waals surface area contributed by atoms with E-state index in [9.17, 15) is 4.79 Å². The molecule has 1 aliphatic rings. The molecule has 0 aromatic rings. The zero-order valence-corrected chi connectivity index (χ0v) is 9.40. The van der Waals surface area contributed by atoms with E-state index < -0.39 is 0 Å². The number of rotatable bonds is 2. The summed E-state index contributed by atoms with van der Waals surface area (Å²) in [5.41, 5.74) is 0. The summed E-state index contributed by atoms with van der Waals surface area (Å²) in [6.07, 6.45) is 1.62. The van der Waals surface area contributed by atoms with Gasteiger partial charge in [0.15, 0.2) is 0 Å². The second-order valence-electron chi connectivity index (χ2n) is 3.89. The van der Waals surface area contributed by atoms with Gasteiger partial charge in [0, 0.05) is 25.9 Å². The van der Waals surface area contributed by atoms with Crippen LogP contribution < -0.4 is 0 Å². The van der Waals surface area contributed by atoms with Crippen LogP contribution in [-0.4, -0.2) is 36.7 Å². The van der Waals surface area contributed by atoms with E-state index in [1.807, 2.05) is 13.8 Å². The van der Waals surface area contributed by atoms with Crippen molar-refractivity contribution in [1.29, 1.82) is 0 Å². The molecule has 15 heavy (non-hydrogen) atoms. The molecule has 0 radical (unpaired) electrons. The van der Waals surface area contributed by atoms with Crippen molar-refractivity contribution in [2.24, 2.45) is 5.92 Å². The highest BCUT2D eigenvalue weighted by molar-refractivity contribution is 5.67. The fraction of sp³-hybridized carbons (Fsp3) is 0.818. The van der Waals surface area contributed by atoms with Crippen molar-refractivity contribution < 1.29 is 9.53 Å². The minimum Gasteiger partial charge on any atom is -0.450 e. The van der Waals surface area contributed by atoms with Gasteiger partial charge in [0.05, 0.1) is 6.61 Å². The van der Waals surface area contributed by atoms with Gasteiger partial charge in [-0.1, -0.05) is 0 Å². The fourth-order valence-electron chi connectivity index (χ4n) is 1.88. The molecule has 4 heteroatoms. The van der Waals surface area contributed by atoms with Crippen LogP contribution in [0.4, 0.5) is 4.79 Å². The summed E-state index contributed by atoms with van der Waals surface area (Å²) in [6, 6.07) is 0.0781. The summed E-state index contributed by atoms with van der Waals surface area (Å²) < 4.78 is 4.93. The maximum Gasteiger partial charge on any atom is 0.409 e. The molecule has 4 nitrogen and oxygen atoms in total. The Kier molecular flexibility index (Phi) is 4.41. The van der Waals surface area contributed by atoms with Crippen LogP contribution in [0.25, 0.3) is 4.85 Å². The Hall–Kier alpha value is -1.24. The predicted octanol–water partition coefficient (Wildman–Crippen LogP) is 2.16. The number of hydrogen-bond acceptors (Lipinski definition) is 2. The molecule has 0 aromatic heterocycles. The monoisotopic (exact) mass is 210 g/mol. The number of hydrogen-bond donors (Lipinski definition) is 0. The third-order valence-electron chi connectivity index (χ3n) is 2.95. The zero-order chi connectivity index (χ0) is 11.3. The van der Waals surface area contributed by atoms with Gasteiger partial charge < -0.3 is 14.5 Å². The second-order valence-corrected chi connectivity index (χ2v) is 3.89. The number of ether oxygens (including phenoxy) is 1. The van der Waals surface area contributed by atoms with Crippen molar-refractivity contribution in [2.75, 3.05) is 19.7 Å². The standard InChI is InChI=1S/C11H18N2O2/c1-4-15-11(14)13-7-5-10(6-8-13)9(2)12-3/h9-10H,4-8H2,1-2H3. The van der Waals surface area contributed by atoms with E-state index in [0.717, 1.165) is 25.9 Å². The van der Waals surface area contributed by atoms with Crippen molar-refractivity contribution in [3.8, 4) is 0 Å². The maximum absolute atomic E-state index is 11.4. The topological polar surface area (TPSA) is 33.9 Å². The smallest absolute Gasteiger partial charge is 0.409 e. The number of carbonyl (C=O) groups is 1. The highest BCUT2D eigenvalue weighted by atomic mass is 16.6. The predicted molar refractivity (Wildman–Crippen MR) is 57.4 cm³/mol. The van der Waals surface area contributed by atoms with Crippen molar-refractivity contribution in [3.05, 3.63) is 11.4 Å². The van der Waals surface area contributed by atoms with Gasteiger partial charge in [0.25, 0.3) is 0 Å². The van der Waals surface area contributed by atoms with Crippen LogP contribution in [0, 0.1) is 12.5 Å². The molecule has 0 aromatic carbocycles. The van der Waals surface area contributed by atoms with Crippen LogP contribution in [-0.2, 0) is 4.74 Å². The van der Waals surface area contributed by atoms with Crippen LogP contribution in [0.3, 0.4) is 0 Å². The first-order chi connectivity index (χ1) is 7.19. The van der Waals surface area contributed by atoms with Gasteiger partial charge in [0.1, 0.15) is 0 Å². The van der Waals surface area contributed by atoms with Gasteiger partial charge in [0.2, 0.25) is 6.04 Å². The molecule has 84 valence electrons. The molecule has 0 N–H and O–H groups in total. The van der Waals surface area contributed by atoms with E-state index in [4.69, 9.17) is 11.3 Å². The van der Waals surface area contributed by atoms with E-state index >= 15 is 0 Å². The SMILES string of the molecule is [C-]#[N+]C(C)C1CCN(C(=O)OCC)CC1. The summed E-state index contributed by atoms with van der Waals surface area (Å²) in [5, 5.41) is 0. The van der Waals surface area contributed by atoms with Crippen LogP contribution in [0.1, 0.15) is 26.7 Å². The molecule has 1 rings (SSSR count). The first-order valence-electron chi connectivity index (χ1n) is 5.47. The number of amides is 1. The summed E-state index contributed by atoms with van der Waals surface area (Å²) in [6.45, 7) is 12.6. The quantitative estimate of drug-likeness (QED) is 0.654. The van der Waals surface area contributed by atoms with Gasteiger partial charge in [-0.3, -0.25) is 0 Å². The molecule has 1 saturated heterocycles. The van der Waals surface area contributed by atoms with E-state index in [0.29, 0.717) is 12.5 Å². The Bertz CT molecular complexity index is 252. The van der Waals surface area contributed by atoms with E-state index in [-0.39, 0.29) is 12.1 Å². The lowest BCUT2D eigenvalue weighted by Gasteiger charge is -2.30. The van der Waals surface area contributed by atoms with Crippen molar-refractivity contribution in [1.82, 2.24) is 4.90 Å². The summed E-state index contributed by atoms with van der Waals surface area (Å²) in [5.74, 6) is 0.438. The molecule has 0 saturated carbocycles.